The molecule has 1 aromatic rings. The smallest absolute Gasteiger partial charge is 0.252 e. The number of rotatable bonds is 7. The molecule has 2 aliphatic rings. The molecule has 29 heavy (non-hydrogen) atoms. The molecule has 5 nitrogen and oxygen atoms in total. The van der Waals surface area contributed by atoms with Gasteiger partial charge < -0.3 is 10.2 Å². The molecule has 2 amide bonds. The molecule has 6 heteroatoms. The van der Waals surface area contributed by atoms with Crippen molar-refractivity contribution in [1.29, 1.82) is 0 Å². The number of benzene rings is 1. The minimum Gasteiger partial charge on any atom is -0.350 e. The van der Waals surface area contributed by atoms with Gasteiger partial charge in [-0.25, -0.2) is 0 Å². The predicted octanol–water partition coefficient (Wildman–Crippen LogP) is 3.79. The van der Waals surface area contributed by atoms with Gasteiger partial charge in [0.2, 0.25) is 5.91 Å². The van der Waals surface area contributed by atoms with Crippen LogP contribution in [0.25, 0.3) is 0 Å². The Labute approximate surface area is 179 Å². The van der Waals surface area contributed by atoms with Crippen LogP contribution in [0.2, 0.25) is 0 Å². The molecule has 0 radical (unpaired) electrons. The second kappa shape index (κ2) is 10.5. The Morgan fingerprint density at radius 1 is 1.03 bits per heavy atom. The van der Waals surface area contributed by atoms with Crippen LogP contribution in [0.1, 0.15) is 61.7 Å². The predicted molar refractivity (Wildman–Crippen MR) is 119 cm³/mol. The number of carbonyl (C=O) groups is 2. The summed E-state index contributed by atoms with van der Waals surface area (Å²) in [6.07, 6.45) is 10.1. The average molecular weight is 418 g/mol. The van der Waals surface area contributed by atoms with E-state index in [-0.39, 0.29) is 17.4 Å². The van der Waals surface area contributed by atoms with E-state index in [1.54, 1.807) is 19.0 Å². The first-order valence-electron chi connectivity index (χ1n) is 11.0. The Hall–Kier alpha value is -1.53. The van der Waals surface area contributed by atoms with Crippen LogP contribution in [0.5, 0.6) is 0 Å². The summed E-state index contributed by atoms with van der Waals surface area (Å²) in [5, 5.41) is 3.27. The van der Waals surface area contributed by atoms with E-state index in [1.807, 2.05) is 24.3 Å². The first-order valence-corrected chi connectivity index (χ1v) is 12.0. The zero-order valence-electron chi connectivity index (χ0n) is 17.9. The molecule has 1 aliphatic heterocycles. The van der Waals surface area contributed by atoms with Crippen LogP contribution >= 0.6 is 11.8 Å². The number of amides is 2. The number of carbonyl (C=O) groups excluding carboxylic acids is 2. The number of nitrogens with zero attached hydrogens (tertiary/aromatic N) is 2. The summed E-state index contributed by atoms with van der Waals surface area (Å²) in [5.41, 5.74) is 0.797. The van der Waals surface area contributed by atoms with Gasteiger partial charge in [-0.05, 0) is 50.9 Å². The van der Waals surface area contributed by atoms with Crippen molar-refractivity contribution < 1.29 is 9.59 Å². The third-order valence-corrected chi connectivity index (χ3v) is 7.43. The molecule has 2 fully saturated rings. The molecule has 1 saturated heterocycles. The van der Waals surface area contributed by atoms with Gasteiger partial charge in [0.15, 0.2) is 0 Å². The summed E-state index contributed by atoms with van der Waals surface area (Å²) in [5.74, 6) is 0.374. The van der Waals surface area contributed by atoms with Crippen molar-refractivity contribution in [2.45, 2.75) is 61.8 Å². The lowest BCUT2D eigenvalue weighted by Gasteiger charge is -2.48. The molecule has 0 spiro atoms. The van der Waals surface area contributed by atoms with E-state index in [0.29, 0.717) is 11.3 Å². The molecular formula is C23H35N3O2S. The van der Waals surface area contributed by atoms with Gasteiger partial charge in [-0.15, -0.1) is 11.8 Å². The van der Waals surface area contributed by atoms with Crippen LogP contribution in [0.3, 0.4) is 0 Å². The van der Waals surface area contributed by atoms with Crippen LogP contribution in [0, 0.1) is 0 Å². The zero-order valence-corrected chi connectivity index (χ0v) is 18.7. The van der Waals surface area contributed by atoms with Crippen molar-refractivity contribution in [2.24, 2.45) is 0 Å². The summed E-state index contributed by atoms with van der Waals surface area (Å²) >= 11 is 1.44. The van der Waals surface area contributed by atoms with Gasteiger partial charge in [-0.2, -0.15) is 0 Å². The topological polar surface area (TPSA) is 52.7 Å². The number of nitrogens with one attached hydrogen (secondary N) is 1. The lowest BCUT2D eigenvalue weighted by molar-refractivity contribution is -0.125. The van der Waals surface area contributed by atoms with Gasteiger partial charge >= 0.3 is 0 Å². The summed E-state index contributed by atoms with van der Waals surface area (Å²) in [4.78, 5) is 30.1. The molecule has 3 rings (SSSR count). The maximum absolute atomic E-state index is 13.1. The second-order valence-electron chi connectivity index (χ2n) is 8.59. The van der Waals surface area contributed by atoms with Crippen LogP contribution in [-0.2, 0) is 4.79 Å². The number of likely N-dealkylation sites (tertiary alicyclic amines) is 1. The molecule has 1 heterocycles. The highest BCUT2D eigenvalue weighted by Crippen LogP contribution is 2.35. The summed E-state index contributed by atoms with van der Waals surface area (Å²) in [7, 11) is 3.51. The van der Waals surface area contributed by atoms with Gasteiger partial charge in [-0.1, -0.05) is 37.8 Å². The molecule has 0 atom stereocenters. The third kappa shape index (κ3) is 5.76. The van der Waals surface area contributed by atoms with Gasteiger partial charge in [0.25, 0.3) is 5.91 Å². The van der Waals surface area contributed by atoms with Crippen molar-refractivity contribution >= 4 is 23.6 Å². The highest BCUT2D eigenvalue weighted by atomic mass is 32.2. The van der Waals surface area contributed by atoms with Crippen molar-refractivity contribution in [3.63, 3.8) is 0 Å². The van der Waals surface area contributed by atoms with Crippen LogP contribution in [-0.4, -0.2) is 66.6 Å². The standard InChI is InChI=1S/C23H35N3O2S/c1-25(2)21(27)17-29-20-12-6-5-11-19(20)22(28)24-18-23(13-7-3-8-14-23)26-15-9-4-10-16-26/h5-6,11-12H,3-4,7-10,13-18H2,1-2H3,(H,24,28). The number of hydrogen-bond acceptors (Lipinski definition) is 4. The molecule has 0 unspecified atom stereocenters. The SMILES string of the molecule is CN(C)C(=O)CSc1ccccc1C(=O)NCC1(N2CCCCC2)CCCCC1. The van der Waals surface area contributed by atoms with E-state index in [1.165, 1.54) is 63.1 Å². The van der Waals surface area contributed by atoms with Gasteiger partial charge in [0.1, 0.15) is 0 Å². The number of hydrogen-bond donors (Lipinski definition) is 1. The van der Waals surface area contributed by atoms with E-state index < -0.39 is 0 Å². The highest BCUT2D eigenvalue weighted by molar-refractivity contribution is 8.00. The van der Waals surface area contributed by atoms with Crippen molar-refractivity contribution in [3.05, 3.63) is 29.8 Å². The Bertz CT molecular complexity index is 695. The quantitative estimate of drug-likeness (QED) is 0.686. The molecule has 0 aromatic heterocycles. The monoisotopic (exact) mass is 417 g/mol. The van der Waals surface area contributed by atoms with E-state index >= 15 is 0 Å². The molecule has 1 aliphatic carbocycles. The molecule has 1 saturated carbocycles. The van der Waals surface area contributed by atoms with Crippen LogP contribution in [0.4, 0.5) is 0 Å². The highest BCUT2D eigenvalue weighted by Gasteiger charge is 2.38. The molecule has 0 bridgehead atoms. The fraction of sp³-hybridized carbons (Fsp3) is 0.652. The summed E-state index contributed by atoms with van der Waals surface area (Å²) in [6.45, 7) is 3.05. The van der Waals surface area contributed by atoms with E-state index in [0.717, 1.165) is 24.5 Å². The lowest BCUT2D eigenvalue weighted by atomic mass is 9.79. The normalized spacial score (nSPS) is 19.5. The maximum Gasteiger partial charge on any atom is 0.252 e. The van der Waals surface area contributed by atoms with Crippen molar-refractivity contribution in [1.82, 2.24) is 15.1 Å². The number of piperidine rings is 1. The zero-order chi connectivity index (χ0) is 20.7. The summed E-state index contributed by atoms with van der Waals surface area (Å²) in [6, 6.07) is 7.62. The van der Waals surface area contributed by atoms with Crippen LogP contribution in [0.15, 0.2) is 29.2 Å². The van der Waals surface area contributed by atoms with Crippen molar-refractivity contribution in [3.8, 4) is 0 Å². The van der Waals surface area contributed by atoms with Crippen LogP contribution < -0.4 is 5.32 Å². The Kier molecular flexibility index (Phi) is 8.01. The Morgan fingerprint density at radius 2 is 1.69 bits per heavy atom. The molecule has 160 valence electrons. The Morgan fingerprint density at radius 3 is 2.38 bits per heavy atom. The van der Waals surface area contributed by atoms with Crippen molar-refractivity contribution in [2.75, 3.05) is 39.5 Å². The first kappa shape index (κ1) is 22.2. The lowest BCUT2D eigenvalue weighted by Crippen LogP contribution is -2.58. The molecule has 1 N–H and O–H groups in total. The largest absolute Gasteiger partial charge is 0.350 e. The second-order valence-corrected chi connectivity index (χ2v) is 9.61. The first-order chi connectivity index (χ1) is 14.0. The minimum absolute atomic E-state index is 0.0210. The Balaban J connectivity index is 1.66. The van der Waals surface area contributed by atoms with E-state index in [2.05, 4.69) is 10.2 Å². The maximum atomic E-state index is 13.1. The van der Waals surface area contributed by atoms with Gasteiger partial charge in [0.05, 0.1) is 11.3 Å². The average Bonchev–Trinajstić information content (AvgIpc) is 2.77. The fourth-order valence-electron chi connectivity index (χ4n) is 4.57. The summed E-state index contributed by atoms with van der Waals surface area (Å²) < 4.78 is 0. The van der Waals surface area contributed by atoms with Gasteiger partial charge in [0, 0.05) is 31.1 Å². The van der Waals surface area contributed by atoms with Gasteiger partial charge in [-0.3, -0.25) is 14.5 Å². The fourth-order valence-corrected chi connectivity index (χ4v) is 5.60. The third-order valence-electron chi connectivity index (χ3n) is 6.37. The molecular weight excluding hydrogens is 382 g/mol. The number of thioether (sulfide) groups is 1. The van der Waals surface area contributed by atoms with E-state index in [9.17, 15) is 9.59 Å². The van der Waals surface area contributed by atoms with E-state index in [4.69, 9.17) is 0 Å². The minimum atomic E-state index is -0.0210. The molecule has 1 aromatic carbocycles.